The number of amides is 2. The highest BCUT2D eigenvalue weighted by Gasteiger charge is 2.37. The summed E-state index contributed by atoms with van der Waals surface area (Å²) in [6, 6.07) is 7.48. The first-order valence-electron chi connectivity index (χ1n) is 8.60. The molecule has 1 aromatic carbocycles. The lowest BCUT2D eigenvalue weighted by molar-refractivity contribution is -0.142. The Bertz CT molecular complexity index is 578. The summed E-state index contributed by atoms with van der Waals surface area (Å²) in [5.41, 5.74) is 6.14. The third kappa shape index (κ3) is 7.10. The lowest BCUT2D eigenvalue weighted by atomic mass is 10.1. The van der Waals surface area contributed by atoms with Crippen LogP contribution in [0.1, 0.15) is 38.2 Å². The fraction of sp³-hybridized carbons (Fsp3) is 0.500. The van der Waals surface area contributed by atoms with E-state index in [9.17, 15) is 19.5 Å². The van der Waals surface area contributed by atoms with Crippen molar-refractivity contribution in [2.24, 2.45) is 5.73 Å². The van der Waals surface area contributed by atoms with Gasteiger partial charge in [-0.25, -0.2) is 14.4 Å². The number of imide groups is 1. The number of rotatable bonds is 10. The van der Waals surface area contributed by atoms with Crippen molar-refractivity contribution in [3.05, 3.63) is 35.9 Å². The minimum Gasteiger partial charge on any atom is -0.480 e. The van der Waals surface area contributed by atoms with Crippen LogP contribution in [0.25, 0.3) is 0 Å². The van der Waals surface area contributed by atoms with E-state index >= 15 is 0 Å². The molecule has 0 unspecified atom stereocenters. The summed E-state index contributed by atoms with van der Waals surface area (Å²) in [5, 5.41) is 9.43. The van der Waals surface area contributed by atoms with Gasteiger partial charge in [0.1, 0.15) is 12.6 Å². The number of ether oxygens (including phenoxy) is 2. The molecule has 8 nitrogen and oxygen atoms in total. The molecular formula is C18H26N2O6. The smallest absolute Gasteiger partial charge is 0.420 e. The first kappa shape index (κ1) is 21.4. The summed E-state index contributed by atoms with van der Waals surface area (Å²) in [4.78, 5) is 36.8. The fourth-order valence-corrected chi connectivity index (χ4v) is 2.17. The van der Waals surface area contributed by atoms with E-state index in [1.165, 1.54) is 0 Å². The average Bonchev–Trinajstić information content (AvgIpc) is 2.63. The molecule has 3 N–H and O–H groups in total. The predicted molar refractivity (Wildman–Crippen MR) is 94.4 cm³/mol. The van der Waals surface area contributed by atoms with Crippen LogP contribution in [0.3, 0.4) is 0 Å². The molecule has 0 aliphatic rings. The van der Waals surface area contributed by atoms with Gasteiger partial charge in [0.15, 0.2) is 0 Å². The van der Waals surface area contributed by atoms with E-state index in [0.29, 0.717) is 23.3 Å². The van der Waals surface area contributed by atoms with Gasteiger partial charge in [0.05, 0.1) is 6.61 Å². The van der Waals surface area contributed by atoms with E-state index in [2.05, 4.69) is 0 Å². The Morgan fingerprint density at radius 3 is 2.35 bits per heavy atom. The van der Waals surface area contributed by atoms with Crippen molar-refractivity contribution in [1.29, 1.82) is 0 Å². The standard InChI is InChI=1S/C18H26N2O6/c1-2-3-12-25-17(23)20(15(16(21)22)10-7-11-19)18(24)26-13-14-8-5-4-6-9-14/h4-6,8-9,15H,2-3,7,10-13,19H2,1H3,(H,21,22)/t15-/m1/s1. The molecule has 2 amide bonds. The molecule has 0 aliphatic heterocycles. The van der Waals surface area contributed by atoms with Crippen molar-refractivity contribution in [2.45, 2.75) is 45.3 Å². The number of unbranched alkanes of at least 4 members (excludes halogenated alkanes) is 1. The summed E-state index contributed by atoms with van der Waals surface area (Å²) in [7, 11) is 0. The van der Waals surface area contributed by atoms with Crippen LogP contribution in [0.15, 0.2) is 30.3 Å². The van der Waals surface area contributed by atoms with Crippen molar-refractivity contribution in [1.82, 2.24) is 4.90 Å². The zero-order valence-electron chi connectivity index (χ0n) is 14.9. The van der Waals surface area contributed by atoms with Crippen LogP contribution in [0.4, 0.5) is 9.59 Å². The Labute approximate surface area is 152 Å². The normalized spacial score (nSPS) is 11.5. The molecule has 0 heterocycles. The van der Waals surface area contributed by atoms with Crippen LogP contribution in [0.5, 0.6) is 0 Å². The van der Waals surface area contributed by atoms with Gasteiger partial charge in [-0.1, -0.05) is 43.7 Å². The molecule has 1 aromatic rings. The first-order valence-corrected chi connectivity index (χ1v) is 8.60. The van der Waals surface area contributed by atoms with E-state index in [1.807, 2.05) is 13.0 Å². The second-order valence-corrected chi connectivity index (χ2v) is 5.66. The number of nitrogens with two attached hydrogens (primary N) is 1. The van der Waals surface area contributed by atoms with E-state index < -0.39 is 24.2 Å². The maximum absolute atomic E-state index is 12.4. The molecule has 26 heavy (non-hydrogen) atoms. The number of nitrogens with zero attached hydrogens (tertiary/aromatic N) is 1. The summed E-state index contributed by atoms with van der Waals surface area (Å²) in [6.07, 6.45) is -0.322. The second kappa shape index (κ2) is 11.9. The molecule has 0 aliphatic carbocycles. The topological polar surface area (TPSA) is 119 Å². The SMILES string of the molecule is CCCCOC(=O)N(C(=O)OCc1ccccc1)[C@H](CCCN)C(=O)O. The molecular weight excluding hydrogens is 340 g/mol. The molecule has 0 fully saturated rings. The van der Waals surface area contributed by atoms with Crippen LogP contribution in [-0.4, -0.2) is 47.4 Å². The van der Waals surface area contributed by atoms with Crippen molar-refractivity contribution in [3.8, 4) is 0 Å². The zero-order chi connectivity index (χ0) is 19.4. The highest BCUT2D eigenvalue weighted by molar-refractivity contribution is 5.93. The monoisotopic (exact) mass is 366 g/mol. The molecule has 0 spiro atoms. The van der Waals surface area contributed by atoms with Crippen molar-refractivity contribution >= 4 is 18.2 Å². The van der Waals surface area contributed by atoms with Gasteiger partial charge in [-0.15, -0.1) is 0 Å². The van der Waals surface area contributed by atoms with E-state index in [0.717, 1.165) is 6.42 Å². The van der Waals surface area contributed by atoms with E-state index in [1.54, 1.807) is 24.3 Å². The molecule has 8 heteroatoms. The number of hydrogen-bond acceptors (Lipinski definition) is 6. The highest BCUT2D eigenvalue weighted by Crippen LogP contribution is 2.13. The summed E-state index contributed by atoms with van der Waals surface area (Å²) in [5.74, 6) is -1.32. The Morgan fingerprint density at radius 2 is 1.77 bits per heavy atom. The number of benzene rings is 1. The number of carboxylic acid groups (broad SMARTS) is 1. The molecule has 0 saturated heterocycles. The van der Waals surface area contributed by atoms with Crippen LogP contribution in [-0.2, 0) is 20.9 Å². The highest BCUT2D eigenvalue weighted by atomic mass is 16.6. The molecule has 1 rings (SSSR count). The molecule has 0 radical (unpaired) electrons. The van der Waals surface area contributed by atoms with Crippen molar-refractivity contribution in [3.63, 3.8) is 0 Å². The van der Waals surface area contributed by atoms with Gasteiger partial charge in [0, 0.05) is 0 Å². The third-order valence-electron chi connectivity index (χ3n) is 3.60. The van der Waals surface area contributed by atoms with Crippen LogP contribution >= 0.6 is 0 Å². The number of carbonyl (C=O) groups is 3. The third-order valence-corrected chi connectivity index (χ3v) is 3.60. The van der Waals surface area contributed by atoms with Crippen LogP contribution in [0, 0.1) is 0 Å². The summed E-state index contributed by atoms with van der Waals surface area (Å²) >= 11 is 0. The number of carboxylic acids is 1. The molecule has 0 saturated carbocycles. The van der Waals surface area contributed by atoms with Gasteiger partial charge in [0.25, 0.3) is 0 Å². The van der Waals surface area contributed by atoms with Gasteiger partial charge in [-0.05, 0) is 31.4 Å². The Morgan fingerprint density at radius 1 is 1.12 bits per heavy atom. The van der Waals surface area contributed by atoms with Crippen molar-refractivity contribution in [2.75, 3.05) is 13.2 Å². The van der Waals surface area contributed by atoms with Gasteiger partial charge in [0.2, 0.25) is 0 Å². The molecule has 1 atom stereocenters. The largest absolute Gasteiger partial charge is 0.480 e. The maximum atomic E-state index is 12.4. The maximum Gasteiger partial charge on any atom is 0.420 e. The lowest BCUT2D eigenvalue weighted by Crippen LogP contribution is -2.49. The number of aliphatic carboxylic acids is 1. The Balaban J connectivity index is 2.87. The molecule has 0 aromatic heterocycles. The van der Waals surface area contributed by atoms with Crippen molar-refractivity contribution < 1.29 is 29.0 Å². The van der Waals surface area contributed by atoms with E-state index in [4.69, 9.17) is 15.2 Å². The lowest BCUT2D eigenvalue weighted by Gasteiger charge is -2.25. The van der Waals surface area contributed by atoms with E-state index in [-0.39, 0.29) is 26.2 Å². The fourth-order valence-electron chi connectivity index (χ4n) is 2.17. The van der Waals surface area contributed by atoms with Gasteiger partial charge >= 0.3 is 18.2 Å². The van der Waals surface area contributed by atoms with Gasteiger partial charge in [-0.3, -0.25) is 0 Å². The Kier molecular flexibility index (Phi) is 9.78. The summed E-state index contributed by atoms with van der Waals surface area (Å²) < 4.78 is 10.1. The number of carbonyl (C=O) groups excluding carboxylic acids is 2. The minimum absolute atomic E-state index is 0.0230. The second-order valence-electron chi connectivity index (χ2n) is 5.66. The average molecular weight is 366 g/mol. The first-order chi connectivity index (χ1) is 12.5. The quantitative estimate of drug-likeness (QED) is 0.611. The molecule has 144 valence electrons. The Hall–Kier alpha value is -2.61. The molecule has 0 bridgehead atoms. The summed E-state index contributed by atoms with van der Waals surface area (Å²) in [6.45, 7) is 2.17. The van der Waals surface area contributed by atoms with Crippen LogP contribution in [0.2, 0.25) is 0 Å². The van der Waals surface area contributed by atoms with Crippen LogP contribution < -0.4 is 5.73 Å². The zero-order valence-corrected chi connectivity index (χ0v) is 14.9. The minimum atomic E-state index is -1.39. The van der Waals surface area contributed by atoms with Gasteiger partial charge in [-0.2, -0.15) is 4.90 Å². The predicted octanol–water partition coefficient (Wildman–Crippen LogP) is 2.75. The van der Waals surface area contributed by atoms with Gasteiger partial charge < -0.3 is 20.3 Å². The number of hydrogen-bond donors (Lipinski definition) is 2.